The molecule has 1 aromatic rings. The lowest BCUT2D eigenvalue weighted by Crippen LogP contribution is -2.32. The van der Waals surface area contributed by atoms with Gasteiger partial charge in [0.2, 0.25) is 0 Å². The van der Waals surface area contributed by atoms with Gasteiger partial charge >= 0.3 is 5.97 Å². The Morgan fingerprint density at radius 2 is 2.58 bits per heavy atom. The summed E-state index contributed by atoms with van der Waals surface area (Å²) in [6.07, 6.45) is 1.58. The SMILES string of the molecule is NC(Cc1cnc(Br)o1)C(=O)O. The number of rotatable bonds is 3. The number of carbonyl (C=O) groups is 1. The van der Waals surface area contributed by atoms with Crippen molar-refractivity contribution in [2.45, 2.75) is 12.5 Å². The summed E-state index contributed by atoms with van der Waals surface area (Å²) in [5.74, 6) is -0.598. The van der Waals surface area contributed by atoms with Crippen LogP contribution in [0.25, 0.3) is 0 Å². The fraction of sp³-hybridized carbons (Fsp3) is 0.333. The summed E-state index contributed by atoms with van der Waals surface area (Å²) in [5.41, 5.74) is 5.26. The maximum absolute atomic E-state index is 10.3. The van der Waals surface area contributed by atoms with Crippen LogP contribution >= 0.6 is 15.9 Å². The van der Waals surface area contributed by atoms with Crippen LogP contribution < -0.4 is 5.73 Å². The van der Waals surface area contributed by atoms with E-state index in [1.165, 1.54) is 6.20 Å². The molecule has 3 N–H and O–H groups in total. The van der Waals surface area contributed by atoms with E-state index < -0.39 is 12.0 Å². The van der Waals surface area contributed by atoms with Gasteiger partial charge in [0, 0.05) is 22.4 Å². The van der Waals surface area contributed by atoms with Gasteiger partial charge in [-0.05, 0) is 0 Å². The van der Waals surface area contributed by atoms with Crippen molar-refractivity contribution in [1.82, 2.24) is 4.98 Å². The minimum absolute atomic E-state index is 0.147. The lowest BCUT2D eigenvalue weighted by molar-refractivity contribution is -0.138. The molecule has 0 saturated heterocycles. The second kappa shape index (κ2) is 3.68. The van der Waals surface area contributed by atoms with Crippen LogP contribution in [-0.4, -0.2) is 22.1 Å². The Labute approximate surface area is 76.7 Å². The zero-order valence-electron chi connectivity index (χ0n) is 6.03. The molecule has 0 bridgehead atoms. The lowest BCUT2D eigenvalue weighted by Gasteiger charge is -2.01. The topological polar surface area (TPSA) is 89.4 Å². The molecule has 6 heteroatoms. The number of aromatic nitrogens is 1. The Kier molecular flexibility index (Phi) is 2.83. The van der Waals surface area contributed by atoms with Crippen molar-refractivity contribution in [3.63, 3.8) is 0 Å². The first-order chi connectivity index (χ1) is 5.59. The number of nitrogens with two attached hydrogens (primary N) is 1. The van der Waals surface area contributed by atoms with Crippen LogP contribution in [0.2, 0.25) is 0 Å². The largest absolute Gasteiger partial charge is 0.480 e. The number of halogens is 1. The van der Waals surface area contributed by atoms with E-state index in [9.17, 15) is 4.79 Å². The Balaban J connectivity index is 2.58. The molecule has 0 saturated carbocycles. The summed E-state index contributed by atoms with van der Waals surface area (Å²) in [6.45, 7) is 0. The van der Waals surface area contributed by atoms with Gasteiger partial charge in [-0.25, -0.2) is 4.98 Å². The number of aliphatic carboxylic acids is 1. The number of nitrogens with zero attached hydrogens (tertiary/aromatic N) is 1. The zero-order valence-corrected chi connectivity index (χ0v) is 7.61. The average Bonchev–Trinajstić information content (AvgIpc) is 2.35. The highest BCUT2D eigenvalue weighted by Gasteiger charge is 2.14. The summed E-state index contributed by atoms with van der Waals surface area (Å²) in [5, 5.41) is 8.45. The summed E-state index contributed by atoms with van der Waals surface area (Å²) in [4.78, 5) is 14.4. The molecule has 0 aromatic carbocycles. The van der Waals surface area contributed by atoms with Crippen molar-refractivity contribution in [2.75, 3.05) is 0 Å². The van der Waals surface area contributed by atoms with Gasteiger partial charge in [0.25, 0.3) is 4.80 Å². The number of carboxylic acids is 1. The Morgan fingerprint density at radius 1 is 1.92 bits per heavy atom. The van der Waals surface area contributed by atoms with Gasteiger partial charge < -0.3 is 15.3 Å². The summed E-state index contributed by atoms with van der Waals surface area (Å²) >= 11 is 2.99. The molecule has 0 amide bonds. The first-order valence-corrected chi connectivity index (χ1v) is 3.97. The van der Waals surface area contributed by atoms with E-state index in [2.05, 4.69) is 20.9 Å². The van der Waals surface area contributed by atoms with Crippen molar-refractivity contribution in [2.24, 2.45) is 5.73 Å². The zero-order chi connectivity index (χ0) is 9.14. The number of oxazole rings is 1. The van der Waals surface area contributed by atoms with E-state index in [0.29, 0.717) is 10.6 Å². The summed E-state index contributed by atoms with van der Waals surface area (Å²) in [6, 6.07) is -0.940. The molecule has 1 unspecified atom stereocenters. The molecule has 1 atom stereocenters. The maximum Gasteiger partial charge on any atom is 0.320 e. The number of hydrogen-bond donors (Lipinski definition) is 2. The lowest BCUT2D eigenvalue weighted by atomic mass is 10.2. The molecule has 1 rings (SSSR count). The molecule has 66 valence electrons. The van der Waals surface area contributed by atoms with Gasteiger partial charge in [-0.2, -0.15) is 0 Å². The van der Waals surface area contributed by atoms with Crippen LogP contribution in [0.15, 0.2) is 15.4 Å². The molecule has 0 radical (unpaired) electrons. The summed E-state index contributed by atoms with van der Waals surface area (Å²) in [7, 11) is 0. The molecule has 0 fully saturated rings. The van der Waals surface area contributed by atoms with E-state index in [-0.39, 0.29) is 6.42 Å². The fourth-order valence-electron chi connectivity index (χ4n) is 0.682. The predicted octanol–water partition coefficient (Wildman–Crippen LogP) is 0.392. The van der Waals surface area contributed by atoms with Gasteiger partial charge in [-0.1, -0.05) is 0 Å². The highest BCUT2D eigenvalue weighted by molar-refractivity contribution is 9.10. The van der Waals surface area contributed by atoms with Crippen molar-refractivity contribution in [1.29, 1.82) is 0 Å². The average molecular weight is 235 g/mol. The number of carboxylic acid groups (broad SMARTS) is 1. The van der Waals surface area contributed by atoms with Crippen molar-refractivity contribution in [3.8, 4) is 0 Å². The van der Waals surface area contributed by atoms with Crippen LogP contribution in [0, 0.1) is 0 Å². The molecular formula is C6H7BrN2O3. The summed E-state index contributed by atoms with van der Waals surface area (Å²) < 4.78 is 4.97. The van der Waals surface area contributed by atoms with Crippen LogP contribution in [-0.2, 0) is 11.2 Å². The minimum Gasteiger partial charge on any atom is -0.480 e. The van der Waals surface area contributed by atoms with E-state index in [0.717, 1.165) is 0 Å². The molecular weight excluding hydrogens is 228 g/mol. The van der Waals surface area contributed by atoms with E-state index in [1.54, 1.807) is 0 Å². The molecule has 1 heterocycles. The third-order valence-electron chi connectivity index (χ3n) is 1.26. The van der Waals surface area contributed by atoms with E-state index in [1.807, 2.05) is 0 Å². The second-order valence-electron chi connectivity index (χ2n) is 2.23. The smallest absolute Gasteiger partial charge is 0.320 e. The minimum atomic E-state index is -1.05. The Morgan fingerprint density at radius 3 is 3.00 bits per heavy atom. The first-order valence-electron chi connectivity index (χ1n) is 3.18. The molecule has 12 heavy (non-hydrogen) atoms. The maximum atomic E-state index is 10.3. The van der Waals surface area contributed by atoms with E-state index in [4.69, 9.17) is 15.3 Å². The molecule has 0 aliphatic heterocycles. The van der Waals surface area contributed by atoms with Gasteiger partial charge in [0.1, 0.15) is 11.8 Å². The van der Waals surface area contributed by atoms with Crippen LogP contribution in [0.3, 0.4) is 0 Å². The van der Waals surface area contributed by atoms with Crippen molar-refractivity contribution < 1.29 is 14.3 Å². The second-order valence-corrected chi connectivity index (χ2v) is 2.91. The first kappa shape index (κ1) is 9.21. The van der Waals surface area contributed by atoms with Crippen LogP contribution in [0.1, 0.15) is 5.76 Å². The van der Waals surface area contributed by atoms with Crippen LogP contribution in [0.4, 0.5) is 0 Å². The van der Waals surface area contributed by atoms with E-state index >= 15 is 0 Å². The predicted molar refractivity (Wildman–Crippen MR) is 43.5 cm³/mol. The Hall–Kier alpha value is -0.880. The third-order valence-corrected chi connectivity index (χ3v) is 1.63. The van der Waals surface area contributed by atoms with Crippen molar-refractivity contribution in [3.05, 3.63) is 16.8 Å². The van der Waals surface area contributed by atoms with Gasteiger partial charge in [0.05, 0.1) is 6.20 Å². The van der Waals surface area contributed by atoms with Crippen LogP contribution in [0.5, 0.6) is 0 Å². The van der Waals surface area contributed by atoms with Crippen molar-refractivity contribution >= 4 is 21.9 Å². The normalized spacial score (nSPS) is 12.8. The highest BCUT2D eigenvalue weighted by atomic mass is 79.9. The third kappa shape index (κ3) is 2.31. The van der Waals surface area contributed by atoms with Gasteiger partial charge in [-0.3, -0.25) is 4.79 Å². The molecule has 0 aliphatic rings. The highest BCUT2D eigenvalue weighted by Crippen LogP contribution is 2.10. The molecule has 0 aliphatic carbocycles. The van der Waals surface area contributed by atoms with Gasteiger partial charge in [0.15, 0.2) is 0 Å². The Bertz CT molecular complexity index is 286. The molecule has 0 spiro atoms. The monoisotopic (exact) mass is 234 g/mol. The fourth-order valence-corrected chi connectivity index (χ4v) is 0.992. The standard InChI is InChI=1S/C6H7BrN2O3/c7-6-9-2-3(12-6)1-4(8)5(10)11/h2,4H,1,8H2,(H,10,11). The van der Waals surface area contributed by atoms with Gasteiger partial charge in [-0.15, -0.1) is 0 Å². The molecule has 5 nitrogen and oxygen atoms in total. The quantitative estimate of drug-likeness (QED) is 0.790. The number of hydrogen-bond acceptors (Lipinski definition) is 4. The molecule has 1 aromatic heterocycles.